The Balaban J connectivity index is 1.33. The molecular weight excluding hydrogens is 593 g/mol. The molecule has 0 saturated carbocycles. The van der Waals surface area contributed by atoms with Gasteiger partial charge >= 0.3 is 0 Å². The molecule has 49 heavy (non-hydrogen) atoms. The van der Waals surface area contributed by atoms with Crippen molar-refractivity contribution in [1.29, 1.82) is 0 Å². The first kappa shape index (κ1) is 26.7. The maximum absolute atomic E-state index is 5.41. The van der Waals surface area contributed by atoms with Gasteiger partial charge in [0.15, 0.2) is 5.82 Å². The molecular formula is C47H28N2. The van der Waals surface area contributed by atoms with Crippen molar-refractivity contribution in [3.05, 3.63) is 192 Å². The topological polar surface area (TPSA) is 25.8 Å². The minimum atomic E-state index is -0.486. The zero-order chi connectivity index (χ0) is 32.1. The molecule has 9 aromatic rings. The van der Waals surface area contributed by atoms with Gasteiger partial charge in [-0.05, 0) is 78.2 Å². The highest BCUT2D eigenvalue weighted by Gasteiger charge is 2.52. The fraction of sp³-hybridized carbons (Fsp3) is 0.0213. The number of hydrogen-bond acceptors (Lipinski definition) is 2. The Bertz CT molecular complexity index is 2790. The van der Waals surface area contributed by atoms with E-state index in [0.29, 0.717) is 0 Å². The first-order chi connectivity index (χ1) is 24.3. The first-order valence-electron chi connectivity index (χ1n) is 16.9. The average Bonchev–Trinajstić information content (AvgIpc) is 3.65. The summed E-state index contributed by atoms with van der Waals surface area (Å²) in [4.78, 5) is 10.7. The van der Waals surface area contributed by atoms with Crippen LogP contribution in [-0.4, -0.2) is 9.97 Å². The van der Waals surface area contributed by atoms with E-state index in [0.717, 1.165) is 38.9 Å². The van der Waals surface area contributed by atoms with Gasteiger partial charge in [-0.3, -0.25) is 0 Å². The normalized spacial score (nSPS) is 13.5. The molecule has 1 aromatic heterocycles. The minimum Gasteiger partial charge on any atom is -0.228 e. The summed E-state index contributed by atoms with van der Waals surface area (Å²) >= 11 is 0. The second-order valence-electron chi connectivity index (χ2n) is 13.2. The number of fused-ring (bicyclic) bond motifs is 15. The van der Waals surface area contributed by atoms with Crippen molar-refractivity contribution in [3.63, 3.8) is 0 Å². The van der Waals surface area contributed by atoms with Gasteiger partial charge in [0, 0.05) is 16.5 Å². The predicted octanol–water partition coefficient (Wildman–Crippen LogP) is 11.6. The van der Waals surface area contributed by atoms with Gasteiger partial charge in [0.1, 0.15) is 0 Å². The molecule has 0 atom stereocenters. The van der Waals surface area contributed by atoms with Gasteiger partial charge in [-0.2, -0.15) is 0 Å². The lowest BCUT2D eigenvalue weighted by atomic mass is 9.70. The summed E-state index contributed by atoms with van der Waals surface area (Å²) in [5.41, 5.74) is 14.1. The Morgan fingerprint density at radius 3 is 1.73 bits per heavy atom. The van der Waals surface area contributed by atoms with Gasteiger partial charge < -0.3 is 0 Å². The Morgan fingerprint density at radius 1 is 0.367 bits per heavy atom. The minimum absolute atomic E-state index is 0.486. The van der Waals surface area contributed by atoms with Gasteiger partial charge in [0.2, 0.25) is 0 Å². The number of hydrogen-bond donors (Lipinski definition) is 0. The molecule has 0 unspecified atom stereocenters. The largest absolute Gasteiger partial charge is 0.228 e. The second kappa shape index (κ2) is 9.82. The fourth-order valence-electron chi connectivity index (χ4n) is 8.95. The molecule has 2 nitrogen and oxygen atoms in total. The first-order valence-corrected chi connectivity index (χ1v) is 16.9. The highest BCUT2D eigenvalue weighted by molar-refractivity contribution is 6.16. The monoisotopic (exact) mass is 620 g/mol. The van der Waals surface area contributed by atoms with Crippen LogP contribution in [0.25, 0.3) is 77.3 Å². The summed E-state index contributed by atoms with van der Waals surface area (Å²) < 4.78 is 0. The van der Waals surface area contributed by atoms with Crippen molar-refractivity contribution < 1.29 is 0 Å². The Labute approximate surface area is 284 Å². The number of nitrogens with zero attached hydrogens (tertiary/aromatic N) is 2. The third-order valence-corrected chi connectivity index (χ3v) is 10.9. The predicted molar refractivity (Wildman–Crippen MR) is 202 cm³/mol. The lowest BCUT2D eigenvalue weighted by molar-refractivity contribution is 0.795. The van der Waals surface area contributed by atoms with Crippen molar-refractivity contribution in [3.8, 4) is 44.9 Å². The quantitative estimate of drug-likeness (QED) is 0.192. The summed E-state index contributed by atoms with van der Waals surface area (Å²) in [5.74, 6) is 0.743. The molecule has 8 aromatic carbocycles. The van der Waals surface area contributed by atoms with Crippen LogP contribution in [0.3, 0.4) is 0 Å². The van der Waals surface area contributed by atoms with E-state index in [4.69, 9.17) is 9.97 Å². The van der Waals surface area contributed by atoms with Gasteiger partial charge in [0.05, 0.1) is 16.6 Å². The van der Waals surface area contributed by atoms with Crippen molar-refractivity contribution in [2.45, 2.75) is 5.41 Å². The lowest BCUT2D eigenvalue weighted by Crippen LogP contribution is -2.26. The van der Waals surface area contributed by atoms with Gasteiger partial charge in [-0.1, -0.05) is 158 Å². The summed E-state index contributed by atoms with van der Waals surface area (Å²) in [6.45, 7) is 0. The molecule has 0 bridgehead atoms. The van der Waals surface area contributed by atoms with Crippen LogP contribution in [0, 0.1) is 0 Å². The van der Waals surface area contributed by atoms with Crippen LogP contribution in [0.2, 0.25) is 0 Å². The second-order valence-corrected chi connectivity index (χ2v) is 13.2. The van der Waals surface area contributed by atoms with E-state index >= 15 is 0 Å². The SMILES string of the molecule is c1ccc(-c2nc(-c3cc4c(c5ccccc35)-c3c(ccc5ccccc35)C43c4ccccc4-c4ccccc43)nc3ccccc23)cc1. The average molecular weight is 621 g/mol. The van der Waals surface area contributed by atoms with Crippen LogP contribution in [-0.2, 0) is 5.41 Å². The Kier molecular flexibility index (Phi) is 5.34. The Morgan fingerprint density at radius 2 is 0.959 bits per heavy atom. The van der Waals surface area contributed by atoms with Crippen molar-refractivity contribution in [1.82, 2.24) is 9.97 Å². The number of para-hydroxylation sites is 1. The molecule has 0 aliphatic heterocycles. The number of rotatable bonds is 2. The van der Waals surface area contributed by atoms with E-state index in [9.17, 15) is 0 Å². The molecule has 1 heterocycles. The molecule has 2 aliphatic rings. The van der Waals surface area contributed by atoms with E-state index < -0.39 is 5.41 Å². The number of benzene rings is 8. The van der Waals surface area contributed by atoms with E-state index in [1.54, 1.807) is 0 Å². The smallest absolute Gasteiger partial charge is 0.161 e. The van der Waals surface area contributed by atoms with Gasteiger partial charge in [-0.25, -0.2) is 9.97 Å². The highest BCUT2D eigenvalue weighted by Crippen LogP contribution is 2.65. The molecule has 0 radical (unpaired) electrons. The maximum atomic E-state index is 5.41. The third-order valence-electron chi connectivity index (χ3n) is 10.9. The van der Waals surface area contributed by atoms with E-state index in [1.165, 1.54) is 60.7 Å². The van der Waals surface area contributed by atoms with E-state index in [1.807, 2.05) is 0 Å². The van der Waals surface area contributed by atoms with Gasteiger partial charge in [-0.15, -0.1) is 0 Å². The molecule has 0 saturated heterocycles. The lowest BCUT2D eigenvalue weighted by Gasteiger charge is -2.31. The zero-order valence-corrected chi connectivity index (χ0v) is 26.6. The Hall–Kier alpha value is -6.38. The van der Waals surface area contributed by atoms with Crippen LogP contribution in [0.1, 0.15) is 22.3 Å². The fourth-order valence-corrected chi connectivity index (χ4v) is 8.95. The van der Waals surface area contributed by atoms with Crippen molar-refractivity contribution in [2.75, 3.05) is 0 Å². The van der Waals surface area contributed by atoms with Crippen LogP contribution >= 0.6 is 0 Å². The summed E-state index contributed by atoms with van der Waals surface area (Å²) in [6.07, 6.45) is 0. The van der Waals surface area contributed by atoms with Crippen LogP contribution in [0.4, 0.5) is 0 Å². The molecule has 11 rings (SSSR count). The van der Waals surface area contributed by atoms with Crippen molar-refractivity contribution in [2.24, 2.45) is 0 Å². The number of aromatic nitrogens is 2. The van der Waals surface area contributed by atoms with Crippen LogP contribution in [0.15, 0.2) is 170 Å². The standard InChI is InChI=1S/C47H28N2/c1-2-15-30(16-3-1)45-36-22-10-13-25-42(36)48-46(49-45)37-28-41-44(35-21-7-6-18-32(35)37)43-31-17-5-4-14-29(31)26-27-40(43)47(41)38-23-11-8-19-33(38)34-20-9-12-24-39(34)47/h1-28H. The molecule has 226 valence electrons. The third kappa shape index (κ3) is 3.45. The molecule has 2 heteroatoms. The van der Waals surface area contributed by atoms with E-state index in [-0.39, 0.29) is 0 Å². The summed E-state index contributed by atoms with van der Waals surface area (Å²) in [7, 11) is 0. The van der Waals surface area contributed by atoms with Crippen molar-refractivity contribution >= 4 is 32.4 Å². The molecule has 0 fully saturated rings. The van der Waals surface area contributed by atoms with Crippen LogP contribution in [0.5, 0.6) is 0 Å². The summed E-state index contributed by atoms with van der Waals surface area (Å²) in [5, 5.41) is 5.97. The van der Waals surface area contributed by atoms with Gasteiger partial charge in [0.25, 0.3) is 0 Å². The molecule has 1 spiro atoms. The highest BCUT2D eigenvalue weighted by atomic mass is 14.9. The molecule has 0 amide bonds. The molecule has 2 aliphatic carbocycles. The maximum Gasteiger partial charge on any atom is 0.161 e. The molecule has 0 N–H and O–H groups in total. The zero-order valence-electron chi connectivity index (χ0n) is 26.6. The summed E-state index contributed by atoms with van der Waals surface area (Å²) in [6, 6.07) is 61.8. The van der Waals surface area contributed by atoms with E-state index in [2.05, 4.69) is 170 Å². The van der Waals surface area contributed by atoms with Crippen LogP contribution < -0.4 is 0 Å².